The maximum Gasteiger partial charge on any atom is 0.252 e. The Balaban J connectivity index is 2.27. The molecule has 0 fully saturated rings. The van der Waals surface area contributed by atoms with Crippen LogP contribution in [0.3, 0.4) is 0 Å². The third-order valence-corrected chi connectivity index (χ3v) is 4.01. The van der Waals surface area contributed by atoms with Gasteiger partial charge in [-0.1, -0.05) is 18.2 Å². The summed E-state index contributed by atoms with van der Waals surface area (Å²) in [5.74, 6) is 0.546. The Kier molecular flexibility index (Phi) is 5.20. The number of rotatable bonds is 5. The Morgan fingerprint density at radius 1 is 1.30 bits per heavy atom. The smallest absolute Gasteiger partial charge is 0.252 e. The van der Waals surface area contributed by atoms with Gasteiger partial charge in [0.05, 0.1) is 17.6 Å². The van der Waals surface area contributed by atoms with E-state index in [0.29, 0.717) is 18.7 Å². The quantitative estimate of drug-likeness (QED) is 0.846. The SMILES string of the molecule is CN(C)c1cc(C(=O)NCCN=S(C)(C)=O)c2ccccc2n1. The highest BCUT2D eigenvalue weighted by atomic mass is 32.2. The van der Waals surface area contributed by atoms with Crippen molar-refractivity contribution in [3.05, 3.63) is 35.9 Å². The summed E-state index contributed by atoms with van der Waals surface area (Å²) in [6.07, 6.45) is 3.16. The second-order valence-corrected chi connectivity index (χ2v) is 8.35. The fourth-order valence-electron chi connectivity index (χ4n) is 2.11. The molecule has 0 spiro atoms. The van der Waals surface area contributed by atoms with Gasteiger partial charge in [0, 0.05) is 48.3 Å². The molecule has 1 N–H and O–H groups in total. The van der Waals surface area contributed by atoms with Crippen molar-refractivity contribution in [2.45, 2.75) is 0 Å². The van der Waals surface area contributed by atoms with E-state index in [4.69, 9.17) is 0 Å². The minimum absolute atomic E-state index is 0.180. The summed E-state index contributed by atoms with van der Waals surface area (Å²) in [5, 5.41) is 3.63. The Hall–Kier alpha value is -2.15. The normalized spacial score (nSPS) is 11.3. The first kappa shape index (κ1) is 17.2. The molecule has 7 heteroatoms. The number of nitrogens with zero attached hydrogens (tertiary/aromatic N) is 3. The maximum atomic E-state index is 12.5. The van der Waals surface area contributed by atoms with Gasteiger partial charge in [-0.05, 0) is 12.1 Å². The molecule has 0 unspecified atom stereocenters. The maximum absolute atomic E-state index is 12.5. The van der Waals surface area contributed by atoms with Crippen LogP contribution in [0.2, 0.25) is 0 Å². The molecule has 1 aromatic carbocycles. The first-order chi connectivity index (χ1) is 10.8. The lowest BCUT2D eigenvalue weighted by Crippen LogP contribution is -2.27. The first-order valence-electron chi connectivity index (χ1n) is 7.26. The van der Waals surface area contributed by atoms with Gasteiger partial charge < -0.3 is 10.2 Å². The van der Waals surface area contributed by atoms with Crippen molar-refractivity contribution in [3.8, 4) is 0 Å². The van der Waals surface area contributed by atoms with Gasteiger partial charge in [-0.3, -0.25) is 9.00 Å². The van der Waals surface area contributed by atoms with E-state index in [-0.39, 0.29) is 5.91 Å². The van der Waals surface area contributed by atoms with E-state index < -0.39 is 9.73 Å². The molecule has 23 heavy (non-hydrogen) atoms. The van der Waals surface area contributed by atoms with Crippen LogP contribution in [-0.2, 0) is 9.73 Å². The number of hydrogen-bond donors (Lipinski definition) is 1. The van der Waals surface area contributed by atoms with E-state index >= 15 is 0 Å². The highest BCUT2D eigenvalue weighted by Gasteiger charge is 2.13. The predicted molar refractivity (Wildman–Crippen MR) is 95.7 cm³/mol. The Morgan fingerprint density at radius 3 is 2.65 bits per heavy atom. The lowest BCUT2D eigenvalue weighted by Gasteiger charge is -2.15. The van der Waals surface area contributed by atoms with E-state index in [1.54, 1.807) is 18.6 Å². The topological polar surface area (TPSA) is 74.7 Å². The molecule has 1 heterocycles. The van der Waals surface area contributed by atoms with Crippen molar-refractivity contribution >= 4 is 32.4 Å². The van der Waals surface area contributed by atoms with Gasteiger partial charge in [0.15, 0.2) is 0 Å². The minimum atomic E-state index is -2.13. The zero-order valence-corrected chi connectivity index (χ0v) is 14.7. The molecule has 0 saturated heterocycles. The first-order valence-corrected chi connectivity index (χ1v) is 9.59. The summed E-state index contributed by atoms with van der Waals surface area (Å²) in [4.78, 5) is 18.9. The van der Waals surface area contributed by atoms with Gasteiger partial charge in [0.1, 0.15) is 5.82 Å². The molecular weight excluding hydrogens is 312 g/mol. The molecule has 0 aliphatic carbocycles. The molecule has 0 aliphatic heterocycles. The van der Waals surface area contributed by atoms with Crippen molar-refractivity contribution in [2.75, 3.05) is 44.6 Å². The molecule has 1 aromatic heterocycles. The van der Waals surface area contributed by atoms with Crippen LogP contribution in [0, 0.1) is 0 Å². The van der Waals surface area contributed by atoms with E-state index in [0.717, 1.165) is 16.7 Å². The summed E-state index contributed by atoms with van der Waals surface area (Å²) >= 11 is 0. The van der Waals surface area contributed by atoms with Gasteiger partial charge in [-0.15, -0.1) is 0 Å². The number of benzene rings is 1. The molecule has 2 aromatic rings. The summed E-state index contributed by atoms with van der Waals surface area (Å²) < 4.78 is 15.5. The molecular formula is C16H22N4O2S. The second kappa shape index (κ2) is 6.95. The van der Waals surface area contributed by atoms with Crippen molar-refractivity contribution in [1.82, 2.24) is 10.3 Å². The monoisotopic (exact) mass is 334 g/mol. The largest absolute Gasteiger partial charge is 0.363 e. The number of nitrogens with one attached hydrogen (secondary N) is 1. The van der Waals surface area contributed by atoms with Crippen molar-refractivity contribution < 1.29 is 9.00 Å². The molecule has 0 saturated carbocycles. The zero-order valence-electron chi connectivity index (χ0n) is 13.9. The average molecular weight is 334 g/mol. The minimum Gasteiger partial charge on any atom is -0.363 e. The van der Waals surface area contributed by atoms with E-state index in [1.807, 2.05) is 43.3 Å². The summed E-state index contributed by atoms with van der Waals surface area (Å²) in [5.41, 5.74) is 1.35. The third kappa shape index (κ3) is 4.66. The molecule has 0 radical (unpaired) electrons. The van der Waals surface area contributed by atoms with E-state index in [9.17, 15) is 9.00 Å². The summed E-state index contributed by atoms with van der Waals surface area (Å²) in [6, 6.07) is 9.32. The van der Waals surface area contributed by atoms with Crippen LogP contribution in [0.1, 0.15) is 10.4 Å². The molecule has 0 bridgehead atoms. The van der Waals surface area contributed by atoms with Gasteiger partial charge in [0.2, 0.25) is 0 Å². The third-order valence-electron chi connectivity index (χ3n) is 3.21. The van der Waals surface area contributed by atoms with Crippen LogP contribution >= 0.6 is 0 Å². The van der Waals surface area contributed by atoms with Crippen LogP contribution in [0.5, 0.6) is 0 Å². The molecule has 0 atom stereocenters. The van der Waals surface area contributed by atoms with Gasteiger partial charge in [-0.2, -0.15) is 0 Å². The standard InChI is InChI=1S/C16H22N4O2S/c1-20(2)15-11-13(12-7-5-6-8-14(12)19-15)16(21)17-9-10-18-23(3,4)22/h5-8,11H,9-10H2,1-4H3,(H,17,21). The van der Waals surface area contributed by atoms with Gasteiger partial charge >= 0.3 is 0 Å². The van der Waals surface area contributed by atoms with Crippen molar-refractivity contribution in [1.29, 1.82) is 0 Å². The number of hydrogen-bond acceptors (Lipinski definition) is 5. The lowest BCUT2D eigenvalue weighted by atomic mass is 10.1. The number of anilines is 1. The van der Waals surface area contributed by atoms with Crippen molar-refractivity contribution in [3.63, 3.8) is 0 Å². The second-order valence-electron chi connectivity index (χ2n) is 5.73. The molecule has 2 rings (SSSR count). The van der Waals surface area contributed by atoms with Crippen LogP contribution in [0.15, 0.2) is 34.7 Å². The van der Waals surface area contributed by atoms with E-state index in [1.165, 1.54) is 0 Å². The summed E-state index contributed by atoms with van der Waals surface area (Å²) in [7, 11) is 1.64. The molecule has 124 valence electrons. The number of pyridine rings is 1. The highest BCUT2D eigenvalue weighted by molar-refractivity contribution is 7.92. The fourth-order valence-corrected chi connectivity index (χ4v) is 2.64. The Morgan fingerprint density at radius 2 is 2.00 bits per heavy atom. The summed E-state index contributed by atoms with van der Waals surface area (Å²) in [6.45, 7) is 0.687. The van der Waals surface area contributed by atoms with Crippen LogP contribution in [0.4, 0.5) is 5.82 Å². The van der Waals surface area contributed by atoms with Gasteiger partial charge in [0.25, 0.3) is 5.91 Å². The molecule has 6 nitrogen and oxygen atoms in total. The number of fused-ring (bicyclic) bond motifs is 1. The Bertz CT molecular complexity index is 831. The lowest BCUT2D eigenvalue weighted by molar-refractivity contribution is 0.0956. The number of amides is 1. The number of carbonyl (C=O) groups excluding carboxylic acids is 1. The highest BCUT2D eigenvalue weighted by Crippen LogP contribution is 2.21. The van der Waals surface area contributed by atoms with Gasteiger partial charge in [-0.25, -0.2) is 9.35 Å². The molecule has 0 aliphatic rings. The molecule has 1 amide bonds. The number of aromatic nitrogens is 1. The number of para-hydroxylation sites is 1. The fraction of sp³-hybridized carbons (Fsp3) is 0.375. The zero-order chi connectivity index (χ0) is 17.0. The Labute approximate surface area is 137 Å². The van der Waals surface area contributed by atoms with Crippen molar-refractivity contribution in [2.24, 2.45) is 4.36 Å². The van der Waals surface area contributed by atoms with Crippen LogP contribution in [-0.4, -0.2) is 54.8 Å². The van der Waals surface area contributed by atoms with Crippen LogP contribution < -0.4 is 10.2 Å². The van der Waals surface area contributed by atoms with E-state index in [2.05, 4.69) is 14.7 Å². The predicted octanol–water partition coefficient (Wildman–Crippen LogP) is 1.76. The average Bonchev–Trinajstić information content (AvgIpc) is 2.49. The number of carbonyl (C=O) groups is 1. The van der Waals surface area contributed by atoms with Crippen LogP contribution in [0.25, 0.3) is 10.9 Å².